The lowest BCUT2D eigenvalue weighted by Crippen LogP contribution is -2.48. The number of aromatic nitrogens is 3. The number of benzene rings is 2. The molecular formula is C32H33FN6O4. The summed E-state index contributed by atoms with van der Waals surface area (Å²) in [6, 6.07) is 17.4. The highest BCUT2D eigenvalue weighted by atomic mass is 19.1. The monoisotopic (exact) mass is 584 g/mol. The fourth-order valence-electron chi connectivity index (χ4n) is 5.58. The molecule has 0 N–H and O–H groups in total. The van der Waals surface area contributed by atoms with Crippen LogP contribution in [0.3, 0.4) is 0 Å². The molecule has 4 heterocycles. The number of fused-ring (bicyclic) bond motifs is 1. The topological polar surface area (TPSA) is 106 Å². The predicted octanol–water partition coefficient (Wildman–Crippen LogP) is 4.48. The summed E-state index contributed by atoms with van der Waals surface area (Å²) >= 11 is 0. The highest BCUT2D eigenvalue weighted by molar-refractivity contribution is 5.93. The van der Waals surface area contributed by atoms with E-state index in [1.54, 1.807) is 24.3 Å². The van der Waals surface area contributed by atoms with Gasteiger partial charge in [0.15, 0.2) is 0 Å². The summed E-state index contributed by atoms with van der Waals surface area (Å²) in [7, 11) is 1.39. The molecule has 2 saturated heterocycles. The largest absolute Gasteiger partial charge is 0.473 e. The summed E-state index contributed by atoms with van der Waals surface area (Å²) in [6.07, 6.45) is 1.14. The molecule has 6 rings (SSSR count). The fourth-order valence-corrected chi connectivity index (χ4v) is 5.58. The van der Waals surface area contributed by atoms with Crippen molar-refractivity contribution in [3.8, 4) is 11.9 Å². The Bertz CT molecular complexity index is 1670. The van der Waals surface area contributed by atoms with Crippen molar-refractivity contribution in [2.75, 3.05) is 44.8 Å². The maximum absolute atomic E-state index is 14.3. The van der Waals surface area contributed by atoms with Crippen molar-refractivity contribution < 1.29 is 23.4 Å². The zero-order chi connectivity index (χ0) is 29.9. The Labute approximate surface area is 249 Å². The summed E-state index contributed by atoms with van der Waals surface area (Å²) in [5.74, 6) is 1.32. The Morgan fingerprint density at radius 1 is 1.14 bits per heavy atom. The van der Waals surface area contributed by atoms with Crippen LogP contribution in [0, 0.1) is 17.1 Å². The second kappa shape index (κ2) is 12.4. The number of halogens is 1. The van der Waals surface area contributed by atoms with Gasteiger partial charge in [-0.05, 0) is 49.7 Å². The van der Waals surface area contributed by atoms with Crippen LogP contribution >= 0.6 is 0 Å². The van der Waals surface area contributed by atoms with Gasteiger partial charge in [-0.15, -0.1) is 0 Å². The second-order valence-corrected chi connectivity index (χ2v) is 10.8. The molecule has 0 amide bonds. The normalized spacial score (nSPS) is 17.7. The van der Waals surface area contributed by atoms with E-state index >= 15 is 0 Å². The Hall–Kier alpha value is -4.53. The van der Waals surface area contributed by atoms with E-state index in [1.165, 1.54) is 13.2 Å². The number of carbonyl (C=O) groups excluding carboxylic acids is 1. The molecule has 0 radical (unpaired) electrons. The van der Waals surface area contributed by atoms with Crippen molar-refractivity contribution in [3.63, 3.8) is 0 Å². The molecule has 222 valence electrons. The number of ether oxygens (including phenoxy) is 3. The lowest BCUT2D eigenvalue weighted by Gasteiger charge is -2.38. The molecule has 2 unspecified atom stereocenters. The summed E-state index contributed by atoms with van der Waals surface area (Å²) in [4.78, 5) is 26.5. The molecule has 11 heteroatoms. The predicted molar refractivity (Wildman–Crippen MR) is 157 cm³/mol. The van der Waals surface area contributed by atoms with Crippen molar-refractivity contribution >= 4 is 22.8 Å². The number of anilines is 1. The quantitative estimate of drug-likeness (QED) is 0.263. The van der Waals surface area contributed by atoms with Crippen LogP contribution in [0.4, 0.5) is 10.2 Å². The Morgan fingerprint density at radius 2 is 1.95 bits per heavy atom. The second-order valence-electron chi connectivity index (χ2n) is 10.8. The maximum Gasteiger partial charge on any atom is 0.337 e. The SMILES string of the molecule is COC(=O)c1ccc2nc(C(C)N3CCN(c4cccc(OCc5ccc(C#N)cc5F)n4)CC3)n(CC3CCO3)c2c1. The number of imidazole rings is 1. The van der Waals surface area contributed by atoms with Crippen molar-refractivity contribution in [2.24, 2.45) is 0 Å². The van der Waals surface area contributed by atoms with Gasteiger partial charge in [-0.3, -0.25) is 4.90 Å². The van der Waals surface area contributed by atoms with Crippen molar-refractivity contribution in [1.82, 2.24) is 19.4 Å². The zero-order valence-corrected chi connectivity index (χ0v) is 24.2. The molecule has 0 bridgehead atoms. The minimum Gasteiger partial charge on any atom is -0.473 e. The molecule has 2 aromatic carbocycles. The van der Waals surface area contributed by atoms with Gasteiger partial charge < -0.3 is 23.7 Å². The number of pyridine rings is 1. The van der Waals surface area contributed by atoms with Crippen LogP contribution in [-0.2, 0) is 22.6 Å². The van der Waals surface area contributed by atoms with Gasteiger partial charge in [0, 0.05) is 44.4 Å². The number of esters is 1. The van der Waals surface area contributed by atoms with Crippen LogP contribution in [0.15, 0.2) is 54.6 Å². The molecule has 2 aliphatic heterocycles. The van der Waals surface area contributed by atoms with E-state index in [2.05, 4.69) is 26.3 Å². The first-order valence-electron chi connectivity index (χ1n) is 14.4. The number of nitriles is 1. The van der Waals surface area contributed by atoms with Gasteiger partial charge in [0.25, 0.3) is 0 Å². The maximum atomic E-state index is 14.3. The third-order valence-electron chi connectivity index (χ3n) is 8.20. The Kier molecular flexibility index (Phi) is 8.22. The van der Waals surface area contributed by atoms with Crippen molar-refractivity contribution in [2.45, 2.75) is 38.6 Å². The first-order valence-corrected chi connectivity index (χ1v) is 14.4. The first-order chi connectivity index (χ1) is 20.9. The van der Waals surface area contributed by atoms with Gasteiger partial charge in [0.2, 0.25) is 5.88 Å². The summed E-state index contributed by atoms with van der Waals surface area (Å²) < 4.78 is 33.0. The number of carbonyl (C=O) groups is 1. The van der Waals surface area contributed by atoms with Crippen LogP contribution in [0.2, 0.25) is 0 Å². The van der Waals surface area contributed by atoms with Crippen molar-refractivity contribution in [1.29, 1.82) is 5.26 Å². The molecule has 2 atom stereocenters. The number of nitrogens with zero attached hydrogens (tertiary/aromatic N) is 6. The van der Waals surface area contributed by atoms with E-state index in [1.807, 2.05) is 30.3 Å². The molecule has 2 aromatic heterocycles. The fraction of sp³-hybridized carbons (Fsp3) is 0.375. The first kappa shape index (κ1) is 28.6. The van der Waals surface area contributed by atoms with E-state index in [-0.39, 0.29) is 30.3 Å². The average molecular weight is 585 g/mol. The number of piperazine rings is 1. The van der Waals surface area contributed by atoms with E-state index in [0.717, 1.165) is 61.9 Å². The van der Waals surface area contributed by atoms with Gasteiger partial charge in [-0.1, -0.05) is 12.1 Å². The lowest BCUT2D eigenvalue weighted by molar-refractivity contribution is -0.0594. The average Bonchev–Trinajstić information content (AvgIpc) is 3.39. The van der Waals surface area contributed by atoms with Gasteiger partial charge in [0.05, 0.1) is 54.0 Å². The third-order valence-corrected chi connectivity index (χ3v) is 8.20. The molecule has 10 nitrogen and oxygen atoms in total. The number of rotatable bonds is 9. The molecule has 0 aliphatic carbocycles. The summed E-state index contributed by atoms with van der Waals surface area (Å²) in [5, 5.41) is 8.95. The van der Waals surface area contributed by atoms with Crippen LogP contribution in [0.5, 0.6) is 5.88 Å². The highest BCUT2D eigenvalue weighted by Crippen LogP contribution is 2.29. The van der Waals surface area contributed by atoms with Crippen molar-refractivity contribution in [3.05, 3.63) is 82.9 Å². The van der Waals surface area contributed by atoms with E-state index < -0.39 is 5.82 Å². The van der Waals surface area contributed by atoms with Crippen LogP contribution in [0.25, 0.3) is 11.0 Å². The molecule has 43 heavy (non-hydrogen) atoms. The molecule has 0 spiro atoms. The van der Waals surface area contributed by atoms with E-state index in [0.29, 0.717) is 23.6 Å². The number of hydrogen-bond acceptors (Lipinski definition) is 9. The smallest absolute Gasteiger partial charge is 0.337 e. The number of hydrogen-bond donors (Lipinski definition) is 0. The summed E-state index contributed by atoms with van der Waals surface area (Å²) in [6.45, 7) is 6.79. The van der Waals surface area contributed by atoms with Gasteiger partial charge in [-0.2, -0.15) is 10.2 Å². The third kappa shape index (κ3) is 6.02. The Morgan fingerprint density at radius 3 is 2.65 bits per heavy atom. The number of methoxy groups -OCH3 is 1. The summed E-state index contributed by atoms with van der Waals surface area (Å²) in [5.41, 5.74) is 2.88. The van der Waals surface area contributed by atoms with Crippen LogP contribution in [0.1, 0.15) is 46.7 Å². The van der Waals surface area contributed by atoms with Gasteiger partial charge in [0.1, 0.15) is 24.1 Å². The Balaban J connectivity index is 1.13. The molecule has 4 aromatic rings. The van der Waals surface area contributed by atoms with Gasteiger partial charge >= 0.3 is 5.97 Å². The minimum absolute atomic E-state index is 0.0211. The van der Waals surface area contributed by atoms with E-state index in [9.17, 15) is 9.18 Å². The van der Waals surface area contributed by atoms with E-state index in [4.69, 9.17) is 24.5 Å². The standard InChI is InChI=1S/C32H33FN6O4/c1-21(31-35-27-9-8-23(32(40)41-2)17-28(27)39(31)19-25-10-15-42-25)37-11-13-38(14-12-37)29-4-3-5-30(36-29)43-20-24-7-6-22(18-34)16-26(24)33/h3-9,16-17,21,25H,10-15,19-20H2,1-2H3. The minimum atomic E-state index is -0.474. The van der Waals surface area contributed by atoms with Crippen LogP contribution < -0.4 is 9.64 Å². The lowest BCUT2D eigenvalue weighted by atomic mass is 10.1. The van der Waals surface area contributed by atoms with Crippen LogP contribution in [-0.4, -0.2) is 71.4 Å². The molecule has 2 aliphatic rings. The zero-order valence-electron chi connectivity index (χ0n) is 24.2. The molecule has 2 fully saturated rings. The highest BCUT2D eigenvalue weighted by Gasteiger charge is 2.29. The molecular weight excluding hydrogens is 551 g/mol. The molecule has 0 saturated carbocycles. The van der Waals surface area contributed by atoms with Gasteiger partial charge in [-0.25, -0.2) is 14.2 Å².